The number of aryl methyl sites for hydroxylation is 1. The Bertz CT molecular complexity index is 536. The van der Waals surface area contributed by atoms with E-state index in [-0.39, 0.29) is 5.84 Å². The van der Waals surface area contributed by atoms with Gasteiger partial charge in [0, 0.05) is 5.56 Å². The highest BCUT2D eigenvalue weighted by atomic mass is 32.2. The van der Waals surface area contributed by atoms with Crippen molar-refractivity contribution < 1.29 is 8.42 Å². The Labute approximate surface area is 102 Å². The summed E-state index contributed by atoms with van der Waals surface area (Å²) in [7, 11) is -3.43. The van der Waals surface area contributed by atoms with Gasteiger partial charge in [-0.05, 0) is 32.4 Å². The van der Waals surface area contributed by atoms with Crippen molar-refractivity contribution in [2.45, 2.75) is 26.0 Å². The van der Waals surface area contributed by atoms with Crippen LogP contribution in [0.15, 0.2) is 18.2 Å². The lowest BCUT2D eigenvalue weighted by Crippen LogP contribution is -2.25. The summed E-state index contributed by atoms with van der Waals surface area (Å²) < 4.78 is 26.0. The number of hydrogen-bond donors (Lipinski definition) is 3. The first-order valence-electron chi connectivity index (χ1n) is 5.21. The number of amidine groups is 1. The molecule has 0 heterocycles. The van der Waals surface area contributed by atoms with Crippen molar-refractivity contribution >= 4 is 21.5 Å². The number of benzene rings is 1. The van der Waals surface area contributed by atoms with Gasteiger partial charge >= 0.3 is 0 Å². The number of sulfonamides is 1. The number of hydrogen-bond acceptors (Lipinski definition) is 3. The molecule has 0 atom stereocenters. The molecule has 1 aromatic rings. The van der Waals surface area contributed by atoms with Crippen LogP contribution in [0.5, 0.6) is 0 Å². The third-order valence-corrected chi connectivity index (χ3v) is 4.16. The molecule has 0 saturated heterocycles. The maximum atomic E-state index is 11.8. The molecule has 0 aliphatic rings. The molecule has 0 aliphatic heterocycles. The second kappa shape index (κ2) is 4.75. The van der Waals surface area contributed by atoms with Crippen molar-refractivity contribution in [1.29, 1.82) is 5.41 Å². The third-order valence-electron chi connectivity index (χ3n) is 2.41. The van der Waals surface area contributed by atoms with Gasteiger partial charge in [0.15, 0.2) is 0 Å². The fraction of sp³-hybridized carbons (Fsp3) is 0.364. The first-order chi connectivity index (χ1) is 7.75. The summed E-state index contributed by atoms with van der Waals surface area (Å²) >= 11 is 0. The van der Waals surface area contributed by atoms with Gasteiger partial charge in [-0.2, -0.15) is 0 Å². The first-order valence-corrected chi connectivity index (χ1v) is 6.76. The van der Waals surface area contributed by atoms with E-state index in [2.05, 4.69) is 4.72 Å². The Balaban J connectivity index is 3.25. The lowest BCUT2D eigenvalue weighted by molar-refractivity contribution is 0.593. The summed E-state index contributed by atoms with van der Waals surface area (Å²) in [6, 6.07) is 5.10. The monoisotopic (exact) mass is 255 g/mol. The molecule has 0 unspecified atom stereocenters. The molecule has 0 spiro atoms. The molecular weight excluding hydrogens is 238 g/mol. The summed E-state index contributed by atoms with van der Waals surface area (Å²) in [6.45, 7) is 4.96. The molecular formula is C11H17N3O2S. The van der Waals surface area contributed by atoms with Gasteiger partial charge in [-0.15, -0.1) is 0 Å². The van der Waals surface area contributed by atoms with E-state index >= 15 is 0 Å². The van der Waals surface area contributed by atoms with E-state index in [1.807, 2.05) is 0 Å². The highest BCUT2D eigenvalue weighted by Crippen LogP contribution is 2.21. The molecule has 0 bridgehead atoms. The van der Waals surface area contributed by atoms with Gasteiger partial charge in [-0.25, -0.2) is 8.42 Å². The van der Waals surface area contributed by atoms with Crippen molar-refractivity contribution in [2.24, 2.45) is 5.73 Å². The number of nitrogens with two attached hydrogens (primary N) is 1. The smallest absolute Gasteiger partial charge is 0.235 e. The summed E-state index contributed by atoms with van der Waals surface area (Å²) in [5.74, 6) is -0.149. The van der Waals surface area contributed by atoms with E-state index in [4.69, 9.17) is 11.1 Å². The average Bonchev–Trinajstić information content (AvgIpc) is 2.15. The van der Waals surface area contributed by atoms with Crippen LogP contribution in [0, 0.1) is 12.3 Å². The zero-order valence-electron chi connectivity index (χ0n) is 10.1. The molecule has 1 aromatic carbocycles. The van der Waals surface area contributed by atoms with Crippen molar-refractivity contribution in [3.63, 3.8) is 0 Å². The standard InChI is InChI=1S/C11H17N3O2S/c1-7(2)17(15,16)14-9-6-4-5-8(3)10(9)11(12)13/h4-7,14H,1-3H3,(H3,12,13). The Kier molecular flexibility index (Phi) is 3.77. The summed E-state index contributed by atoms with van der Waals surface area (Å²) in [5, 5.41) is 6.94. The molecule has 5 nitrogen and oxygen atoms in total. The highest BCUT2D eigenvalue weighted by molar-refractivity contribution is 7.93. The van der Waals surface area contributed by atoms with E-state index < -0.39 is 15.3 Å². The molecule has 17 heavy (non-hydrogen) atoms. The van der Waals surface area contributed by atoms with E-state index in [9.17, 15) is 8.42 Å². The maximum absolute atomic E-state index is 11.8. The maximum Gasteiger partial charge on any atom is 0.235 e. The predicted molar refractivity (Wildman–Crippen MR) is 69.9 cm³/mol. The van der Waals surface area contributed by atoms with Crippen molar-refractivity contribution in [1.82, 2.24) is 0 Å². The minimum atomic E-state index is -3.43. The Hall–Kier alpha value is -1.56. The molecule has 1 rings (SSSR count). The van der Waals surface area contributed by atoms with Gasteiger partial charge in [0.05, 0.1) is 10.9 Å². The zero-order chi connectivity index (χ0) is 13.2. The van der Waals surface area contributed by atoms with Crippen LogP contribution >= 0.6 is 0 Å². The van der Waals surface area contributed by atoms with Gasteiger partial charge < -0.3 is 5.73 Å². The van der Waals surface area contributed by atoms with Gasteiger partial charge in [0.1, 0.15) is 5.84 Å². The van der Waals surface area contributed by atoms with Crippen molar-refractivity contribution in [3.8, 4) is 0 Å². The highest BCUT2D eigenvalue weighted by Gasteiger charge is 2.18. The van der Waals surface area contributed by atoms with E-state index in [0.717, 1.165) is 5.56 Å². The second-order valence-corrected chi connectivity index (χ2v) is 6.34. The Morgan fingerprint density at radius 1 is 1.41 bits per heavy atom. The lowest BCUT2D eigenvalue weighted by Gasteiger charge is -2.15. The molecule has 6 heteroatoms. The van der Waals surface area contributed by atoms with Crippen LogP contribution in [0.4, 0.5) is 5.69 Å². The van der Waals surface area contributed by atoms with Crippen LogP contribution in [-0.4, -0.2) is 19.5 Å². The second-order valence-electron chi connectivity index (χ2n) is 4.11. The topological polar surface area (TPSA) is 96.0 Å². The summed E-state index contributed by atoms with van der Waals surface area (Å²) in [5.41, 5.74) is 7.00. The fourth-order valence-corrected chi connectivity index (χ4v) is 2.09. The van der Waals surface area contributed by atoms with Crippen molar-refractivity contribution in [3.05, 3.63) is 29.3 Å². The molecule has 0 aromatic heterocycles. The molecule has 0 aliphatic carbocycles. The third kappa shape index (κ3) is 2.97. The van der Waals surface area contributed by atoms with Crippen LogP contribution in [-0.2, 0) is 10.0 Å². The van der Waals surface area contributed by atoms with Gasteiger partial charge in [0.25, 0.3) is 0 Å². The molecule has 0 radical (unpaired) electrons. The Morgan fingerprint density at radius 2 is 2.00 bits per heavy atom. The van der Waals surface area contributed by atoms with E-state index in [1.54, 1.807) is 39.0 Å². The summed E-state index contributed by atoms with van der Waals surface area (Å²) in [4.78, 5) is 0. The molecule has 4 N–H and O–H groups in total. The fourth-order valence-electron chi connectivity index (χ4n) is 1.38. The van der Waals surface area contributed by atoms with Gasteiger partial charge in [-0.3, -0.25) is 10.1 Å². The number of nitrogen functional groups attached to an aromatic ring is 1. The zero-order valence-corrected chi connectivity index (χ0v) is 10.9. The predicted octanol–water partition coefficient (Wildman–Crippen LogP) is 1.43. The number of nitrogens with one attached hydrogen (secondary N) is 2. The quantitative estimate of drug-likeness (QED) is 0.561. The summed E-state index contributed by atoms with van der Waals surface area (Å²) in [6.07, 6.45) is 0. The minimum absolute atomic E-state index is 0.149. The van der Waals surface area contributed by atoms with Gasteiger partial charge in [-0.1, -0.05) is 12.1 Å². The average molecular weight is 255 g/mol. The van der Waals surface area contributed by atoms with E-state index in [0.29, 0.717) is 11.3 Å². The van der Waals surface area contributed by atoms with Crippen LogP contribution < -0.4 is 10.5 Å². The SMILES string of the molecule is Cc1cccc(NS(=O)(=O)C(C)C)c1C(=N)N. The lowest BCUT2D eigenvalue weighted by atomic mass is 10.1. The van der Waals surface area contributed by atoms with Gasteiger partial charge in [0.2, 0.25) is 10.0 Å². The normalized spacial score (nSPS) is 11.5. The van der Waals surface area contributed by atoms with Crippen LogP contribution in [0.1, 0.15) is 25.0 Å². The number of rotatable bonds is 4. The number of anilines is 1. The largest absolute Gasteiger partial charge is 0.384 e. The van der Waals surface area contributed by atoms with Crippen LogP contribution in [0.2, 0.25) is 0 Å². The molecule has 0 fully saturated rings. The van der Waals surface area contributed by atoms with Crippen LogP contribution in [0.25, 0.3) is 0 Å². The molecule has 0 saturated carbocycles. The minimum Gasteiger partial charge on any atom is -0.384 e. The Morgan fingerprint density at radius 3 is 2.47 bits per heavy atom. The van der Waals surface area contributed by atoms with E-state index in [1.165, 1.54) is 0 Å². The molecule has 94 valence electrons. The first kappa shape index (κ1) is 13.5. The van der Waals surface area contributed by atoms with Crippen LogP contribution in [0.3, 0.4) is 0 Å². The molecule has 0 amide bonds. The van der Waals surface area contributed by atoms with Crippen molar-refractivity contribution in [2.75, 3.05) is 4.72 Å².